The van der Waals surface area contributed by atoms with Gasteiger partial charge in [0.2, 0.25) is 0 Å². The normalized spacial score (nSPS) is 11.0. The molecule has 564 valence electrons. The largest absolute Gasteiger partial charge is 0.762 e. The first-order valence-electron chi connectivity index (χ1n) is 35.4. The molecule has 22 heteroatoms. The number of hydrogen-bond donors (Lipinski definition) is 0. The van der Waals surface area contributed by atoms with Gasteiger partial charge >= 0.3 is 0 Å². The van der Waals surface area contributed by atoms with Crippen LogP contribution in [-0.2, 0) is 160 Å². The third-order valence-electron chi connectivity index (χ3n) is 18.0. The average molecular weight is 1710 g/mol. The van der Waals surface area contributed by atoms with E-state index in [0.717, 1.165) is 96.9 Å². The van der Waals surface area contributed by atoms with Crippen LogP contribution in [0.25, 0.3) is 45.5 Å². The van der Waals surface area contributed by atoms with E-state index in [2.05, 4.69) is 204 Å². The summed E-state index contributed by atoms with van der Waals surface area (Å²) in [6.07, 6.45) is 8.36. The molecule has 8 nitrogen and oxygen atoms in total. The SMILES string of the molecule is CCCc1cccc(-n2c([S-])c([S-])n(-c3cccc(C(C)C)c3)c2=S)c1.CCCc1cccc(-n2c([S-])c([S-])n(-c3cccc(C(C)C)c3)c2=S)c1.CCCc1ccccc1-n1c([S-])c([S-])n(-c2ccccc2C(C)C)c1=S.CCCc1ccccc1-n1c([S-])c([S-])n(-c2ccccc2C(C)C)c1=S.[Ni].[Ni]. The van der Waals surface area contributed by atoms with Gasteiger partial charge in [0.1, 0.15) is 0 Å². The van der Waals surface area contributed by atoms with E-state index < -0.39 is 0 Å². The number of aryl methyl sites for hydroxylation is 4. The van der Waals surface area contributed by atoms with Gasteiger partial charge in [0, 0.05) is 78.5 Å². The van der Waals surface area contributed by atoms with Crippen molar-refractivity contribution < 1.29 is 33.0 Å². The van der Waals surface area contributed by atoms with E-state index in [1.165, 1.54) is 44.5 Å². The maximum absolute atomic E-state index is 5.85. The molecule has 0 amide bonds. The first kappa shape index (κ1) is 87.5. The molecule has 0 aliphatic rings. The van der Waals surface area contributed by atoms with E-state index in [0.29, 0.717) is 83.0 Å². The molecular formula is C84H88N8Ni2S12-8. The van der Waals surface area contributed by atoms with Crippen LogP contribution in [0.4, 0.5) is 0 Å². The summed E-state index contributed by atoms with van der Waals surface area (Å²) in [6, 6.07) is 66.5. The predicted octanol–water partition coefficient (Wildman–Crippen LogP) is 23.5. The molecule has 8 aromatic carbocycles. The van der Waals surface area contributed by atoms with Crippen LogP contribution in [0.5, 0.6) is 0 Å². The number of nitrogens with zero attached hydrogens (tertiary/aromatic N) is 8. The summed E-state index contributed by atoms with van der Waals surface area (Å²) in [4.78, 5) is 0. The zero-order valence-electron chi connectivity index (χ0n) is 61.6. The molecule has 0 unspecified atom stereocenters. The second kappa shape index (κ2) is 40.3. The zero-order chi connectivity index (χ0) is 75.4. The van der Waals surface area contributed by atoms with Crippen LogP contribution >= 0.6 is 48.9 Å². The molecule has 12 rings (SSSR count). The summed E-state index contributed by atoms with van der Waals surface area (Å²) >= 11 is 68.7. The summed E-state index contributed by atoms with van der Waals surface area (Å²) in [7, 11) is 0. The topological polar surface area (TPSA) is 39.4 Å². The first-order valence-corrected chi connectivity index (χ1v) is 40.3. The second-order valence-corrected chi connectivity index (χ2v) is 31.3. The Morgan fingerprint density at radius 2 is 0.509 bits per heavy atom. The molecule has 4 aromatic heterocycles. The number of rotatable bonds is 20. The van der Waals surface area contributed by atoms with Crippen LogP contribution in [0.2, 0.25) is 0 Å². The quantitative estimate of drug-likeness (QED) is 0.0415. The fourth-order valence-electron chi connectivity index (χ4n) is 12.7. The molecule has 0 saturated carbocycles. The maximum atomic E-state index is 5.85. The van der Waals surface area contributed by atoms with Crippen molar-refractivity contribution in [1.29, 1.82) is 0 Å². The van der Waals surface area contributed by atoms with Crippen molar-refractivity contribution in [1.82, 2.24) is 36.5 Å². The molecule has 0 bridgehead atoms. The van der Waals surface area contributed by atoms with E-state index in [9.17, 15) is 0 Å². The Bertz CT molecular complexity index is 4910. The summed E-state index contributed by atoms with van der Waals surface area (Å²) < 4.78 is 18.0. The fourth-order valence-corrected chi connectivity index (χ4v) is 17.0. The van der Waals surface area contributed by atoms with Gasteiger partial charge in [0.15, 0.2) is 19.1 Å². The number of imidazole rings is 4. The minimum Gasteiger partial charge on any atom is -0.762 e. The average Bonchev–Trinajstić information content (AvgIpc) is 1.63. The van der Waals surface area contributed by atoms with Crippen LogP contribution in [0.15, 0.2) is 234 Å². The molecule has 0 saturated heterocycles. The standard InChI is InChI=1S/4C21H24N2S3.2Ni/c2*1-4-9-15-10-5-7-12-17(15)22-19(24)20(25)23(21(22)26)18-13-8-6-11-16(18)14(2)3;2*1-4-7-15-8-5-10-17(12-15)22-19(24)20(25)23(21(22)26)18-11-6-9-16(13-18)14(2)3;;/h2*5-8,10-14,24-25H,4,9H2,1-3H3;2*5-6,8-14,24-25H,4,7H2,1-3H3;;/p-8. The van der Waals surface area contributed by atoms with E-state index in [-0.39, 0.29) is 33.0 Å². The smallest absolute Gasteiger partial charge is 0.186 e. The van der Waals surface area contributed by atoms with E-state index in [1.807, 2.05) is 109 Å². The molecule has 0 radical (unpaired) electrons. The number of aromatic nitrogens is 8. The van der Waals surface area contributed by atoms with Gasteiger partial charge in [-0.1, -0.05) is 230 Å². The fraction of sp³-hybridized carbons (Fsp3) is 0.286. The minimum atomic E-state index is 0. The molecule has 4 heterocycles. The van der Waals surface area contributed by atoms with Crippen LogP contribution in [0.3, 0.4) is 0 Å². The van der Waals surface area contributed by atoms with Crippen LogP contribution in [-0.4, -0.2) is 36.5 Å². The summed E-state index contributed by atoms with van der Waals surface area (Å²) in [6.45, 7) is 26.1. The second-order valence-electron chi connectivity index (χ2n) is 26.8. The van der Waals surface area contributed by atoms with Crippen LogP contribution in [0.1, 0.15) is 177 Å². The number of benzene rings is 8. The minimum absolute atomic E-state index is 0. The molecule has 0 atom stereocenters. The van der Waals surface area contributed by atoms with Gasteiger partial charge in [0.25, 0.3) is 0 Å². The summed E-state index contributed by atoms with van der Waals surface area (Å²) in [5.74, 6) is 1.61. The van der Waals surface area contributed by atoms with Gasteiger partial charge in [-0.05, 0) is 216 Å². The van der Waals surface area contributed by atoms with Crippen molar-refractivity contribution in [2.75, 3.05) is 0 Å². The van der Waals surface area contributed by atoms with Gasteiger partial charge in [-0.15, -0.1) is 40.2 Å². The van der Waals surface area contributed by atoms with Crippen molar-refractivity contribution in [2.45, 2.75) is 198 Å². The van der Waals surface area contributed by atoms with Crippen molar-refractivity contribution in [3.05, 3.63) is 258 Å². The van der Waals surface area contributed by atoms with Crippen molar-refractivity contribution >= 4 is 150 Å². The van der Waals surface area contributed by atoms with Gasteiger partial charge in [-0.3, -0.25) is 0 Å². The Balaban J connectivity index is 0.000000196. The summed E-state index contributed by atoms with van der Waals surface area (Å²) in [5, 5.41) is 4.77. The Morgan fingerprint density at radius 3 is 0.802 bits per heavy atom. The Morgan fingerprint density at radius 1 is 0.264 bits per heavy atom. The Labute approximate surface area is 713 Å². The molecule has 0 N–H and O–H groups in total. The Kier molecular flexibility index (Phi) is 33.2. The van der Waals surface area contributed by atoms with Gasteiger partial charge in [-0.2, -0.15) is 0 Å². The molecule has 0 aliphatic heterocycles. The van der Waals surface area contributed by atoms with E-state index in [4.69, 9.17) is 150 Å². The van der Waals surface area contributed by atoms with Crippen molar-refractivity contribution in [2.24, 2.45) is 0 Å². The van der Waals surface area contributed by atoms with Crippen LogP contribution < -0.4 is 0 Å². The van der Waals surface area contributed by atoms with Crippen LogP contribution in [0, 0.1) is 19.1 Å². The number of para-hydroxylation sites is 4. The molecule has 0 fully saturated rings. The number of hydrogen-bond acceptors (Lipinski definition) is 12. The van der Waals surface area contributed by atoms with Crippen molar-refractivity contribution in [3.8, 4) is 45.5 Å². The van der Waals surface area contributed by atoms with Gasteiger partial charge in [0.05, 0.1) is 0 Å². The zero-order valence-corrected chi connectivity index (χ0v) is 73.3. The summed E-state index contributed by atoms with van der Waals surface area (Å²) in [5.41, 5.74) is 18.0. The third-order valence-corrected chi connectivity index (χ3v) is 23.0. The Hall–Kier alpha value is -5.77. The maximum Gasteiger partial charge on any atom is 0.186 e. The van der Waals surface area contributed by atoms with Crippen molar-refractivity contribution in [3.63, 3.8) is 0 Å². The van der Waals surface area contributed by atoms with E-state index >= 15 is 0 Å². The molecule has 0 spiro atoms. The molecular weight excluding hydrogens is 1620 g/mol. The third kappa shape index (κ3) is 19.5. The predicted molar refractivity (Wildman–Crippen MR) is 461 cm³/mol. The van der Waals surface area contributed by atoms with E-state index in [1.54, 1.807) is 0 Å². The molecule has 0 aliphatic carbocycles. The molecule has 106 heavy (non-hydrogen) atoms. The monoisotopic (exact) mass is 1710 g/mol. The first-order chi connectivity index (χ1) is 49.8. The van der Waals surface area contributed by atoms with Gasteiger partial charge in [-0.25, -0.2) is 0 Å². The van der Waals surface area contributed by atoms with Gasteiger partial charge < -0.3 is 138 Å². The molecule has 12 aromatic rings.